The molecule has 0 aliphatic carbocycles. The van der Waals surface area contributed by atoms with Crippen molar-refractivity contribution in [3.8, 4) is 90.9 Å². The van der Waals surface area contributed by atoms with E-state index in [1.165, 1.54) is 0 Å². The highest BCUT2D eigenvalue weighted by molar-refractivity contribution is 6.17. The maximum Gasteiger partial charge on any atom is 0.208 e. The minimum atomic E-state index is -1.09. The molecule has 0 amide bonds. The first-order valence-electron chi connectivity index (χ1n) is 19.5. The summed E-state index contributed by atoms with van der Waals surface area (Å²) < 4.78 is 8.90. The number of hydrogen-bond donors (Lipinski definition) is 5. The summed E-state index contributed by atoms with van der Waals surface area (Å²) in [6.45, 7) is 0. The number of hydrogen-bond acceptors (Lipinski definition) is 9. The van der Waals surface area contributed by atoms with Crippen molar-refractivity contribution < 1.29 is 29.9 Å². The monoisotopic (exact) mass is 796 g/mol. The molecule has 5 N–H and O–H groups in total. The molecule has 61 heavy (non-hydrogen) atoms. The maximum absolute atomic E-state index is 11.2. The van der Waals surface area contributed by atoms with Gasteiger partial charge in [0.2, 0.25) is 17.2 Å². The van der Waals surface area contributed by atoms with Crippen molar-refractivity contribution in [1.29, 1.82) is 0 Å². The molecule has 0 bridgehead atoms. The van der Waals surface area contributed by atoms with Gasteiger partial charge in [-0.1, -0.05) is 133 Å². The second kappa shape index (κ2) is 13.7. The summed E-state index contributed by atoms with van der Waals surface area (Å²) in [6, 6.07) is 53.8. The molecule has 0 radical (unpaired) electrons. The normalized spacial score (nSPS) is 11.6. The number of aromatic nitrogens is 4. The average Bonchev–Trinajstić information content (AvgIpc) is 3.86. The van der Waals surface area contributed by atoms with Crippen molar-refractivity contribution >= 4 is 43.7 Å². The Balaban J connectivity index is 1.25. The molecule has 11 aromatic rings. The highest BCUT2D eigenvalue weighted by Gasteiger charge is 2.29. The highest BCUT2D eigenvalue weighted by atomic mass is 16.4. The van der Waals surface area contributed by atoms with Gasteiger partial charge in [-0.05, 0) is 52.6 Å². The Hall–Kier alpha value is -8.63. The summed E-state index contributed by atoms with van der Waals surface area (Å²) in [4.78, 5) is 14.6. The van der Waals surface area contributed by atoms with Gasteiger partial charge in [0.05, 0.1) is 16.7 Å². The summed E-state index contributed by atoms with van der Waals surface area (Å²) in [5.41, 5.74) is 8.40. The predicted molar refractivity (Wildman–Crippen MR) is 237 cm³/mol. The summed E-state index contributed by atoms with van der Waals surface area (Å²) in [5, 5.41) is 57.8. The first-order valence-corrected chi connectivity index (χ1v) is 19.5. The molecule has 3 heterocycles. The molecular weight excluding hydrogens is 765 g/mol. The van der Waals surface area contributed by atoms with Gasteiger partial charge in [-0.2, -0.15) is 0 Å². The van der Waals surface area contributed by atoms with Gasteiger partial charge in [0.15, 0.2) is 34.6 Å². The number of aromatic hydroxyl groups is 5. The van der Waals surface area contributed by atoms with Crippen LogP contribution in [0.2, 0.25) is 0 Å². The van der Waals surface area contributed by atoms with E-state index in [1.807, 2.05) is 121 Å². The zero-order valence-corrected chi connectivity index (χ0v) is 32.0. The number of fused-ring (bicyclic) bond motifs is 6. The van der Waals surface area contributed by atoms with Crippen LogP contribution in [-0.2, 0) is 0 Å². The van der Waals surface area contributed by atoms with Gasteiger partial charge in [0, 0.05) is 32.7 Å². The topological polar surface area (TPSA) is 158 Å². The van der Waals surface area contributed by atoms with E-state index in [0.717, 1.165) is 54.8 Å². The Morgan fingerprint density at radius 3 is 1.67 bits per heavy atom. The Labute approximate surface area is 346 Å². The van der Waals surface area contributed by atoms with E-state index in [0.29, 0.717) is 28.0 Å². The molecular formula is C51H32N4O6. The molecule has 10 heteroatoms. The Morgan fingerprint density at radius 1 is 0.393 bits per heavy atom. The predicted octanol–water partition coefficient (Wildman–Crippen LogP) is 11.7. The lowest BCUT2D eigenvalue weighted by atomic mass is 9.99. The Bertz CT molecular complexity index is 3510. The van der Waals surface area contributed by atoms with Gasteiger partial charge < -0.3 is 34.5 Å². The molecule has 0 unspecified atom stereocenters. The van der Waals surface area contributed by atoms with Crippen LogP contribution in [0.4, 0.5) is 0 Å². The van der Waals surface area contributed by atoms with Crippen molar-refractivity contribution in [3.63, 3.8) is 0 Å². The second-order valence-electron chi connectivity index (χ2n) is 14.7. The van der Waals surface area contributed by atoms with Crippen LogP contribution < -0.4 is 0 Å². The fourth-order valence-corrected chi connectivity index (χ4v) is 8.42. The van der Waals surface area contributed by atoms with Crippen molar-refractivity contribution in [2.45, 2.75) is 0 Å². The van der Waals surface area contributed by atoms with E-state index in [1.54, 1.807) is 0 Å². The van der Waals surface area contributed by atoms with E-state index in [9.17, 15) is 25.5 Å². The van der Waals surface area contributed by atoms with E-state index in [-0.39, 0.29) is 17.5 Å². The largest absolute Gasteiger partial charge is 0.504 e. The second-order valence-corrected chi connectivity index (χ2v) is 14.7. The number of phenolic OH excluding ortho intramolecular Hbond substituents is 5. The van der Waals surface area contributed by atoms with Crippen LogP contribution in [-0.4, -0.2) is 45.1 Å². The van der Waals surface area contributed by atoms with Crippen molar-refractivity contribution in [3.05, 3.63) is 164 Å². The van der Waals surface area contributed by atoms with Crippen molar-refractivity contribution in [2.75, 3.05) is 0 Å². The van der Waals surface area contributed by atoms with E-state index in [2.05, 4.69) is 47.0 Å². The van der Waals surface area contributed by atoms with Crippen molar-refractivity contribution in [2.24, 2.45) is 0 Å². The number of para-hydroxylation sites is 2. The van der Waals surface area contributed by atoms with Crippen molar-refractivity contribution in [1.82, 2.24) is 19.5 Å². The summed E-state index contributed by atoms with van der Waals surface area (Å²) in [6.07, 6.45) is 0. The number of nitrogens with zero attached hydrogens (tertiary/aromatic N) is 4. The molecule has 11 rings (SSSR count). The van der Waals surface area contributed by atoms with Crippen LogP contribution in [0.25, 0.3) is 106 Å². The lowest BCUT2D eigenvalue weighted by molar-refractivity contribution is 0.329. The SMILES string of the molecule is Oc1c(O)c(O)c(-c2nc(-c3cc(-n4c5ccccc5c5c(-c6ccccc6)cccc54)c4oc5ccccc5c4c3)nc(-c3ccccc3-c3ccccc3)n2)c(O)c1O. The molecule has 0 spiro atoms. The number of furan rings is 1. The number of rotatable bonds is 6. The van der Waals surface area contributed by atoms with Gasteiger partial charge >= 0.3 is 0 Å². The lowest BCUT2D eigenvalue weighted by Gasteiger charge is -2.15. The van der Waals surface area contributed by atoms with Crippen LogP contribution in [0.5, 0.6) is 28.7 Å². The van der Waals surface area contributed by atoms with Gasteiger partial charge in [-0.3, -0.25) is 0 Å². The lowest BCUT2D eigenvalue weighted by Crippen LogP contribution is -2.03. The fraction of sp³-hybridized carbons (Fsp3) is 0. The minimum absolute atomic E-state index is 0.146. The molecule has 10 nitrogen and oxygen atoms in total. The molecule has 0 atom stereocenters. The standard InChI is InChI=1S/C51H32N4O6/c56-43-42(44(57)46(59)47(60)45(43)58)51-53-49(52-50(54-51)34-20-8-7-18-31(34)28-14-3-1-4-15-28)30-26-36-33-19-10-12-25-40(33)61-48(36)39(27-30)55-37-23-11-9-21-35(37)41-32(22-13-24-38(41)55)29-16-5-2-6-17-29/h1-27,56-60H. The molecule has 292 valence electrons. The summed E-state index contributed by atoms with van der Waals surface area (Å²) in [5.74, 6) is -4.99. The average molecular weight is 797 g/mol. The van der Waals surface area contributed by atoms with Crippen LogP contribution in [0.3, 0.4) is 0 Å². The van der Waals surface area contributed by atoms with E-state index >= 15 is 0 Å². The molecule has 0 saturated carbocycles. The third kappa shape index (κ3) is 5.54. The molecule has 0 saturated heterocycles. The van der Waals surface area contributed by atoms with Crippen LogP contribution in [0.15, 0.2) is 168 Å². The molecule has 0 aliphatic heterocycles. The first-order chi connectivity index (χ1) is 29.9. The van der Waals surface area contributed by atoms with E-state index < -0.39 is 34.3 Å². The zero-order chi connectivity index (χ0) is 41.4. The Kier molecular flexibility index (Phi) is 8.01. The van der Waals surface area contributed by atoms with E-state index in [4.69, 9.17) is 19.4 Å². The first kappa shape index (κ1) is 35.5. The fourth-order valence-electron chi connectivity index (χ4n) is 8.42. The third-order valence-electron chi connectivity index (χ3n) is 11.2. The minimum Gasteiger partial charge on any atom is -0.504 e. The zero-order valence-electron chi connectivity index (χ0n) is 32.0. The van der Waals surface area contributed by atoms with Gasteiger partial charge in [-0.25, -0.2) is 15.0 Å². The van der Waals surface area contributed by atoms with Crippen LogP contribution in [0, 0.1) is 0 Å². The third-order valence-corrected chi connectivity index (χ3v) is 11.2. The maximum atomic E-state index is 11.2. The number of benzene rings is 8. The Morgan fingerprint density at radius 2 is 0.934 bits per heavy atom. The van der Waals surface area contributed by atoms with Gasteiger partial charge in [0.25, 0.3) is 0 Å². The smallest absolute Gasteiger partial charge is 0.208 e. The highest BCUT2D eigenvalue weighted by Crippen LogP contribution is 2.54. The van der Waals surface area contributed by atoms with Gasteiger partial charge in [0.1, 0.15) is 11.1 Å². The summed E-state index contributed by atoms with van der Waals surface area (Å²) in [7, 11) is 0. The molecule has 3 aromatic heterocycles. The molecule has 8 aromatic carbocycles. The summed E-state index contributed by atoms with van der Waals surface area (Å²) >= 11 is 0. The van der Waals surface area contributed by atoms with Gasteiger partial charge in [-0.15, -0.1) is 0 Å². The van der Waals surface area contributed by atoms with Crippen LogP contribution >= 0.6 is 0 Å². The quantitative estimate of drug-likeness (QED) is 0.0815. The number of phenols is 5. The van der Waals surface area contributed by atoms with Crippen LogP contribution in [0.1, 0.15) is 0 Å². The molecule has 0 aliphatic rings. The molecule has 0 fully saturated rings.